The second-order valence-corrected chi connectivity index (χ2v) is 5.21. The van der Waals surface area contributed by atoms with Crippen LogP contribution in [0.1, 0.15) is 17.0 Å². The van der Waals surface area contributed by atoms with Crippen molar-refractivity contribution in [2.24, 2.45) is 0 Å². The van der Waals surface area contributed by atoms with Crippen LogP contribution in [0.5, 0.6) is 0 Å². The predicted octanol–water partition coefficient (Wildman–Crippen LogP) is 5.39. The molecule has 0 radical (unpaired) electrons. The normalized spacial score (nSPS) is 11.6. The average Bonchev–Trinajstić information content (AvgIpc) is 3.00. The summed E-state index contributed by atoms with van der Waals surface area (Å²) in [4.78, 5) is 4.24. The van der Waals surface area contributed by atoms with Crippen molar-refractivity contribution >= 4 is 22.7 Å². The van der Waals surface area contributed by atoms with Gasteiger partial charge in [-0.05, 0) is 18.6 Å². The number of benzene rings is 2. The lowest BCUT2D eigenvalue weighted by Gasteiger charge is -1.97. The Hall–Kier alpha value is -2.32. The molecule has 0 aliphatic rings. The molecule has 0 unspecified atom stereocenters. The number of hydrogen-bond acceptors (Lipinski definition) is 2. The highest BCUT2D eigenvalue weighted by molar-refractivity contribution is 6.50. The van der Waals surface area contributed by atoms with E-state index in [0.717, 1.165) is 11.1 Å². The molecular weight excluding hydrogens is 282 g/mol. The molecule has 1 aromatic heterocycles. The second kappa shape index (κ2) is 5.98. The summed E-state index contributed by atoms with van der Waals surface area (Å²) in [5, 5.41) is 0.487. The topological polar surface area (TPSA) is 26.0 Å². The van der Waals surface area contributed by atoms with Crippen LogP contribution in [0.4, 0.5) is 0 Å². The number of hydrogen-bond donors (Lipinski definition) is 0. The van der Waals surface area contributed by atoms with E-state index in [4.69, 9.17) is 16.0 Å². The molecule has 0 saturated carbocycles. The molecule has 0 atom stereocenters. The summed E-state index contributed by atoms with van der Waals surface area (Å²) >= 11 is 6.29. The van der Waals surface area contributed by atoms with Gasteiger partial charge in [0.2, 0.25) is 5.89 Å². The molecule has 3 aromatic rings. The molecule has 3 heteroatoms. The molecule has 1 heterocycles. The molecule has 104 valence electrons. The molecule has 2 aromatic carbocycles. The Morgan fingerprint density at radius 1 is 1.05 bits per heavy atom. The van der Waals surface area contributed by atoms with Crippen molar-refractivity contribution in [1.29, 1.82) is 0 Å². The van der Waals surface area contributed by atoms with Crippen LogP contribution in [-0.2, 0) is 0 Å². The molecule has 2 nitrogen and oxygen atoms in total. The number of nitrogens with zero attached hydrogens (tertiary/aromatic N) is 1. The third-order valence-corrected chi connectivity index (χ3v) is 3.41. The van der Waals surface area contributed by atoms with Gasteiger partial charge in [-0.3, -0.25) is 0 Å². The number of aryl methyl sites for hydroxylation is 1. The summed E-state index contributed by atoms with van der Waals surface area (Å²) in [5.41, 5.74) is 3.21. The van der Waals surface area contributed by atoms with Gasteiger partial charge in [-0.25, -0.2) is 4.98 Å². The molecule has 0 N–H and O–H groups in total. The Labute approximate surface area is 128 Å². The van der Waals surface area contributed by atoms with Crippen molar-refractivity contribution < 1.29 is 4.42 Å². The molecule has 0 bridgehead atoms. The van der Waals surface area contributed by atoms with Gasteiger partial charge in [0, 0.05) is 5.56 Å². The quantitative estimate of drug-likeness (QED) is 0.648. The smallest absolute Gasteiger partial charge is 0.238 e. The molecule has 0 spiro atoms. The second-order valence-electron chi connectivity index (χ2n) is 4.80. The highest BCUT2D eigenvalue weighted by atomic mass is 35.5. The highest BCUT2D eigenvalue weighted by Crippen LogP contribution is 2.26. The lowest BCUT2D eigenvalue weighted by atomic mass is 10.1. The average molecular weight is 296 g/mol. The minimum Gasteiger partial charge on any atom is -0.435 e. The van der Waals surface area contributed by atoms with E-state index in [-0.39, 0.29) is 0 Å². The van der Waals surface area contributed by atoms with Gasteiger partial charge in [-0.1, -0.05) is 71.8 Å². The molecule has 3 rings (SSSR count). The maximum atomic E-state index is 6.29. The Bertz CT molecular complexity index is 757. The van der Waals surface area contributed by atoms with Crippen LogP contribution in [0.15, 0.2) is 65.2 Å². The van der Waals surface area contributed by atoms with Gasteiger partial charge in [-0.2, -0.15) is 0 Å². The van der Waals surface area contributed by atoms with Gasteiger partial charge in [0.1, 0.15) is 5.03 Å². The maximum Gasteiger partial charge on any atom is 0.238 e. The SMILES string of the molecule is Cc1ccc(/C=C(\Cl)c2ncc(-c3ccccc3)o2)cc1. The van der Waals surface area contributed by atoms with E-state index in [1.54, 1.807) is 6.20 Å². The van der Waals surface area contributed by atoms with Crippen molar-refractivity contribution in [3.05, 3.63) is 77.8 Å². The van der Waals surface area contributed by atoms with Crippen LogP contribution >= 0.6 is 11.6 Å². The summed E-state index contributed by atoms with van der Waals surface area (Å²) in [7, 11) is 0. The fourth-order valence-electron chi connectivity index (χ4n) is 1.99. The van der Waals surface area contributed by atoms with E-state index in [1.165, 1.54) is 5.56 Å². The molecule has 0 fully saturated rings. The third kappa shape index (κ3) is 3.23. The van der Waals surface area contributed by atoms with Gasteiger partial charge < -0.3 is 4.42 Å². The Balaban J connectivity index is 1.87. The van der Waals surface area contributed by atoms with E-state index in [0.29, 0.717) is 16.7 Å². The first kappa shape index (κ1) is 13.7. The van der Waals surface area contributed by atoms with Gasteiger partial charge in [0.15, 0.2) is 5.76 Å². The van der Waals surface area contributed by atoms with Crippen LogP contribution in [0.25, 0.3) is 22.4 Å². The molecule has 0 amide bonds. The van der Waals surface area contributed by atoms with Crippen molar-refractivity contribution in [3.8, 4) is 11.3 Å². The summed E-state index contributed by atoms with van der Waals surface area (Å²) in [6.45, 7) is 2.05. The van der Waals surface area contributed by atoms with E-state index in [1.807, 2.05) is 60.7 Å². The van der Waals surface area contributed by atoms with Crippen molar-refractivity contribution in [1.82, 2.24) is 4.98 Å². The van der Waals surface area contributed by atoms with Crippen molar-refractivity contribution in [3.63, 3.8) is 0 Å². The predicted molar refractivity (Wildman–Crippen MR) is 86.8 cm³/mol. The van der Waals surface area contributed by atoms with Gasteiger partial charge in [-0.15, -0.1) is 0 Å². The number of halogens is 1. The first-order valence-corrected chi connectivity index (χ1v) is 7.06. The van der Waals surface area contributed by atoms with E-state index >= 15 is 0 Å². The van der Waals surface area contributed by atoms with Crippen LogP contribution in [-0.4, -0.2) is 4.98 Å². The van der Waals surface area contributed by atoms with Crippen LogP contribution in [0.2, 0.25) is 0 Å². The molecule has 0 saturated heterocycles. The molecule has 21 heavy (non-hydrogen) atoms. The van der Waals surface area contributed by atoms with Gasteiger partial charge in [0.05, 0.1) is 6.20 Å². The van der Waals surface area contributed by atoms with E-state index < -0.39 is 0 Å². The Morgan fingerprint density at radius 3 is 2.48 bits per heavy atom. The standard InChI is InChI=1S/C18H14ClNO/c1-13-7-9-14(10-8-13)11-16(19)18-20-12-17(21-18)15-5-3-2-4-6-15/h2-12H,1H3/b16-11-. The maximum absolute atomic E-state index is 6.29. The van der Waals surface area contributed by atoms with Crippen LogP contribution in [0, 0.1) is 6.92 Å². The largest absolute Gasteiger partial charge is 0.435 e. The molecule has 0 aliphatic heterocycles. The zero-order valence-electron chi connectivity index (χ0n) is 11.6. The van der Waals surface area contributed by atoms with Crippen LogP contribution in [0.3, 0.4) is 0 Å². The lowest BCUT2D eigenvalue weighted by Crippen LogP contribution is -1.78. The Kier molecular flexibility index (Phi) is 3.89. The van der Waals surface area contributed by atoms with Crippen molar-refractivity contribution in [2.45, 2.75) is 6.92 Å². The van der Waals surface area contributed by atoms with E-state index in [9.17, 15) is 0 Å². The summed E-state index contributed by atoms with van der Waals surface area (Å²) in [6, 6.07) is 17.9. The first-order valence-electron chi connectivity index (χ1n) is 6.68. The number of oxazole rings is 1. The minimum atomic E-state index is 0.427. The van der Waals surface area contributed by atoms with Crippen molar-refractivity contribution in [2.75, 3.05) is 0 Å². The summed E-state index contributed by atoms with van der Waals surface area (Å²) in [6.07, 6.45) is 3.54. The summed E-state index contributed by atoms with van der Waals surface area (Å²) in [5.74, 6) is 1.14. The fraction of sp³-hybridized carbons (Fsp3) is 0.0556. The third-order valence-electron chi connectivity index (χ3n) is 3.14. The first-order chi connectivity index (χ1) is 10.2. The fourth-order valence-corrected chi connectivity index (χ4v) is 2.20. The molecule has 0 aliphatic carbocycles. The molecular formula is C18H14ClNO. The highest BCUT2D eigenvalue weighted by Gasteiger charge is 2.09. The Morgan fingerprint density at radius 2 is 1.76 bits per heavy atom. The summed E-state index contributed by atoms with van der Waals surface area (Å²) < 4.78 is 5.72. The zero-order chi connectivity index (χ0) is 14.7. The minimum absolute atomic E-state index is 0.427. The van der Waals surface area contributed by atoms with E-state index in [2.05, 4.69) is 11.9 Å². The number of aromatic nitrogens is 1. The van der Waals surface area contributed by atoms with Crippen LogP contribution < -0.4 is 0 Å². The lowest BCUT2D eigenvalue weighted by molar-refractivity contribution is 0.559. The monoisotopic (exact) mass is 295 g/mol. The van der Waals surface area contributed by atoms with Gasteiger partial charge in [0.25, 0.3) is 0 Å². The van der Waals surface area contributed by atoms with Gasteiger partial charge >= 0.3 is 0 Å². The number of rotatable bonds is 3. The zero-order valence-corrected chi connectivity index (χ0v) is 12.3.